The smallest absolute Gasteiger partial charge is 0.233 e. The Kier molecular flexibility index (Phi) is 4.08. The number of rotatable bonds is 3. The molecule has 0 atom stereocenters. The van der Waals surface area contributed by atoms with Crippen LogP contribution in [0.3, 0.4) is 0 Å². The average Bonchev–Trinajstić information content (AvgIpc) is 2.79. The highest BCUT2D eigenvalue weighted by molar-refractivity contribution is 7.81. The Morgan fingerprint density at radius 1 is 1.53 bits per heavy atom. The van der Waals surface area contributed by atoms with Gasteiger partial charge in [0, 0.05) is 12.6 Å². The number of benzene rings is 1. The second kappa shape index (κ2) is 5.60. The van der Waals surface area contributed by atoms with Gasteiger partial charge in [-0.15, -0.1) is 11.3 Å². The van der Waals surface area contributed by atoms with Gasteiger partial charge in [0.25, 0.3) is 0 Å². The van der Waals surface area contributed by atoms with Gasteiger partial charge < -0.3 is 5.11 Å². The summed E-state index contributed by atoms with van der Waals surface area (Å²) in [5.41, 5.74) is 0.592. The Balaban J connectivity index is 2.39. The Labute approximate surface area is 119 Å². The van der Waals surface area contributed by atoms with Crippen molar-refractivity contribution in [2.75, 3.05) is 14.2 Å². The first kappa shape index (κ1) is 13.9. The Bertz CT molecular complexity index is 616. The zero-order valence-corrected chi connectivity index (χ0v) is 11.9. The number of hydrogen-bond donors (Lipinski definition) is 1. The van der Waals surface area contributed by atoms with Crippen LogP contribution in [0.25, 0.3) is 10.6 Å². The molecule has 0 fully saturated rings. The van der Waals surface area contributed by atoms with Gasteiger partial charge in [0.15, 0.2) is 0 Å². The van der Waals surface area contributed by atoms with Crippen LogP contribution < -0.4 is 0 Å². The van der Waals surface area contributed by atoms with E-state index in [0.29, 0.717) is 20.4 Å². The molecule has 4 nitrogen and oxygen atoms in total. The highest BCUT2D eigenvalue weighted by atomic mass is 32.1. The second-order valence-electron chi connectivity index (χ2n) is 3.67. The van der Waals surface area contributed by atoms with Gasteiger partial charge in [-0.3, -0.25) is 4.84 Å². The molecule has 1 heterocycles. The lowest BCUT2D eigenvalue weighted by Crippen LogP contribution is -2.23. The lowest BCUT2D eigenvalue weighted by Gasteiger charge is -2.14. The molecule has 0 aliphatic carbocycles. The van der Waals surface area contributed by atoms with Crippen molar-refractivity contribution in [1.29, 1.82) is 0 Å². The van der Waals surface area contributed by atoms with Gasteiger partial charge in [-0.05, 0) is 12.1 Å². The van der Waals surface area contributed by atoms with Crippen LogP contribution in [0.1, 0.15) is 4.88 Å². The topological polar surface area (TPSA) is 45.6 Å². The van der Waals surface area contributed by atoms with Gasteiger partial charge in [-0.25, -0.2) is 14.4 Å². The molecule has 0 saturated carbocycles. The van der Waals surface area contributed by atoms with E-state index in [9.17, 15) is 9.50 Å². The number of halogens is 1. The summed E-state index contributed by atoms with van der Waals surface area (Å²) in [4.78, 5) is 9.69. The molecule has 0 amide bonds. The fourth-order valence-electron chi connectivity index (χ4n) is 1.42. The lowest BCUT2D eigenvalue weighted by molar-refractivity contribution is -0.0384. The molecule has 0 aliphatic rings. The molecule has 1 aromatic carbocycles. The number of hydroxylamine groups is 2. The SMILES string of the molecule is CON(C)C(=S)c1sc(-c2cccc(F)c2)nc1O. The predicted octanol–water partition coefficient (Wildman–Crippen LogP) is 2.82. The summed E-state index contributed by atoms with van der Waals surface area (Å²) in [5, 5.41) is 11.7. The first-order valence-corrected chi connectivity index (χ1v) is 6.53. The van der Waals surface area contributed by atoms with E-state index in [1.807, 2.05) is 0 Å². The summed E-state index contributed by atoms with van der Waals surface area (Å²) in [6, 6.07) is 6.00. The van der Waals surface area contributed by atoms with E-state index >= 15 is 0 Å². The molecule has 0 saturated heterocycles. The van der Waals surface area contributed by atoms with E-state index in [1.54, 1.807) is 19.2 Å². The maximum absolute atomic E-state index is 13.2. The lowest BCUT2D eigenvalue weighted by atomic mass is 10.2. The predicted molar refractivity (Wildman–Crippen MR) is 75.6 cm³/mol. The zero-order chi connectivity index (χ0) is 14.0. The van der Waals surface area contributed by atoms with Crippen molar-refractivity contribution in [3.63, 3.8) is 0 Å². The number of thiazole rings is 1. The van der Waals surface area contributed by atoms with E-state index in [2.05, 4.69) is 4.98 Å². The summed E-state index contributed by atoms with van der Waals surface area (Å²) >= 11 is 6.34. The number of nitrogens with zero attached hydrogens (tertiary/aromatic N) is 2. The summed E-state index contributed by atoms with van der Waals surface area (Å²) < 4.78 is 13.2. The van der Waals surface area contributed by atoms with E-state index < -0.39 is 0 Å². The van der Waals surface area contributed by atoms with Crippen LogP contribution >= 0.6 is 23.6 Å². The Morgan fingerprint density at radius 3 is 2.89 bits per heavy atom. The maximum Gasteiger partial charge on any atom is 0.233 e. The molecule has 1 aromatic heterocycles. The third-order valence-corrected chi connectivity index (χ3v) is 4.13. The van der Waals surface area contributed by atoms with Gasteiger partial charge in [0.1, 0.15) is 20.7 Å². The van der Waals surface area contributed by atoms with Gasteiger partial charge in [-0.2, -0.15) is 0 Å². The summed E-state index contributed by atoms with van der Waals surface area (Å²) in [6.45, 7) is 0. The molecule has 0 unspecified atom stereocenters. The van der Waals surface area contributed by atoms with E-state index in [0.717, 1.165) is 0 Å². The minimum absolute atomic E-state index is 0.182. The highest BCUT2D eigenvalue weighted by Gasteiger charge is 2.18. The summed E-state index contributed by atoms with van der Waals surface area (Å²) in [6.07, 6.45) is 0. The molecule has 7 heteroatoms. The maximum atomic E-state index is 13.2. The number of aromatic nitrogens is 1. The standard InChI is InChI=1S/C12H11FN2O2S2/c1-15(17-2)12(18)9-10(16)14-11(19-9)7-4-3-5-8(13)6-7/h3-6,16H,1-2H3. The molecule has 19 heavy (non-hydrogen) atoms. The highest BCUT2D eigenvalue weighted by Crippen LogP contribution is 2.33. The average molecular weight is 298 g/mol. The molecular formula is C12H11FN2O2S2. The van der Waals surface area contributed by atoms with Crippen LogP contribution in [0.4, 0.5) is 4.39 Å². The van der Waals surface area contributed by atoms with Crippen LogP contribution in [0.15, 0.2) is 24.3 Å². The quantitative estimate of drug-likeness (QED) is 0.697. The fourth-order valence-corrected chi connectivity index (χ4v) is 2.64. The minimum atomic E-state index is -0.356. The molecule has 1 N–H and O–H groups in total. The summed E-state index contributed by atoms with van der Waals surface area (Å²) in [5.74, 6) is -0.538. The summed E-state index contributed by atoms with van der Waals surface area (Å²) in [7, 11) is 3.10. The number of thiocarbonyl (C=S) groups is 1. The van der Waals surface area contributed by atoms with Gasteiger partial charge in [0.2, 0.25) is 5.88 Å². The fraction of sp³-hybridized carbons (Fsp3) is 0.167. The van der Waals surface area contributed by atoms with Crippen molar-refractivity contribution in [1.82, 2.24) is 10.0 Å². The molecule has 2 aromatic rings. The van der Waals surface area contributed by atoms with Crippen molar-refractivity contribution in [3.8, 4) is 16.5 Å². The van der Waals surface area contributed by atoms with Crippen molar-refractivity contribution in [3.05, 3.63) is 35.0 Å². The zero-order valence-electron chi connectivity index (χ0n) is 10.3. The minimum Gasteiger partial charge on any atom is -0.492 e. The van der Waals surface area contributed by atoms with E-state index in [4.69, 9.17) is 17.1 Å². The van der Waals surface area contributed by atoms with E-state index in [-0.39, 0.29) is 11.7 Å². The van der Waals surface area contributed by atoms with Crippen molar-refractivity contribution < 1.29 is 14.3 Å². The largest absolute Gasteiger partial charge is 0.492 e. The molecule has 100 valence electrons. The third kappa shape index (κ3) is 2.89. The van der Waals surface area contributed by atoms with Gasteiger partial charge >= 0.3 is 0 Å². The van der Waals surface area contributed by atoms with Crippen LogP contribution in [-0.2, 0) is 4.84 Å². The molecular weight excluding hydrogens is 287 g/mol. The van der Waals surface area contributed by atoms with Gasteiger partial charge in [0.05, 0.1) is 7.11 Å². The molecule has 0 bridgehead atoms. The molecule has 0 spiro atoms. The van der Waals surface area contributed by atoms with E-state index in [1.165, 1.54) is 35.6 Å². The monoisotopic (exact) mass is 298 g/mol. The van der Waals surface area contributed by atoms with Crippen LogP contribution in [-0.4, -0.2) is 34.3 Å². The normalized spacial score (nSPS) is 10.5. The van der Waals surface area contributed by atoms with Crippen LogP contribution in [0.2, 0.25) is 0 Å². The first-order chi connectivity index (χ1) is 9.02. The van der Waals surface area contributed by atoms with Crippen molar-refractivity contribution >= 4 is 28.5 Å². The van der Waals surface area contributed by atoms with Crippen molar-refractivity contribution in [2.45, 2.75) is 0 Å². The third-order valence-electron chi connectivity index (χ3n) is 2.43. The first-order valence-electron chi connectivity index (χ1n) is 5.31. The second-order valence-corrected chi connectivity index (χ2v) is 5.05. The molecule has 0 radical (unpaired) electrons. The number of aromatic hydroxyl groups is 1. The molecule has 2 rings (SSSR count). The van der Waals surface area contributed by atoms with Crippen molar-refractivity contribution in [2.24, 2.45) is 0 Å². The van der Waals surface area contributed by atoms with Gasteiger partial charge in [-0.1, -0.05) is 24.4 Å². The Morgan fingerprint density at radius 2 is 2.26 bits per heavy atom. The van der Waals surface area contributed by atoms with Crippen LogP contribution in [0.5, 0.6) is 5.88 Å². The van der Waals surface area contributed by atoms with Crippen LogP contribution in [0, 0.1) is 5.82 Å². The Hall–Kier alpha value is -1.57. The number of hydrogen-bond acceptors (Lipinski definition) is 5. The molecule has 0 aliphatic heterocycles.